The van der Waals surface area contributed by atoms with E-state index in [9.17, 15) is 9.90 Å². The Morgan fingerprint density at radius 2 is 2.00 bits per heavy atom. The second-order valence-corrected chi connectivity index (χ2v) is 7.66. The van der Waals surface area contributed by atoms with E-state index in [1.54, 1.807) is 11.3 Å². The van der Waals surface area contributed by atoms with Crippen molar-refractivity contribution < 1.29 is 14.6 Å². The van der Waals surface area contributed by atoms with Crippen molar-refractivity contribution in [1.82, 2.24) is 4.90 Å². The van der Waals surface area contributed by atoms with Crippen molar-refractivity contribution in [3.63, 3.8) is 0 Å². The quantitative estimate of drug-likeness (QED) is 0.929. The molecule has 0 radical (unpaired) electrons. The maximum atomic E-state index is 11.5. The molecule has 126 valence electrons. The summed E-state index contributed by atoms with van der Waals surface area (Å²) in [4.78, 5) is 15.1. The van der Waals surface area contributed by atoms with E-state index in [0.717, 1.165) is 32.5 Å². The molecule has 5 heteroatoms. The van der Waals surface area contributed by atoms with Crippen molar-refractivity contribution in [2.75, 3.05) is 13.1 Å². The first-order valence-electron chi connectivity index (χ1n) is 8.40. The first-order chi connectivity index (χ1) is 11.7. The molecule has 24 heavy (non-hydrogen) atoms. The number of hydrogen-bond acceptors (Lipinski definition) is 4. The van der Waals surface area contributed by atoms with Crippen LogP contribution in [0, 0.1) is 0 Å². The third-order valence-corrected chi connectivity index (χ3v) is 6.11. The van der Waals surface area contributed by atoms with Gasteiger partial charge in [0, 0.05) is 30.9 Å². The van der Waals surface area contributed by atoms with Crippen LogP contribution in [0.3, 0.4) is 0 Å². The number of carbonyl (C=O) groups is 1. The number of piperidine rings is 1. The van der Waals surface area contributed by atoms with Crippen molar-refractivity contribution in [3.8, 4) is 0 Å². The molecular formula is C19H21NO3S. The number of likely N-dealkylation sites (tertiary alicyclic amines) is 1. The second kappa shape index (κ2) is 6.31. The molecule has 0 bridgehead atoms. The molecule has 1 fully saturated rings. The number of nitrogens with zero attached hydrogens (tertiary/aromatic N) is 1. The Bertz CT molecular complexity index is 719. The van der Waals surface area contributed by atoms with Gasteiger partial charge in [-0.3, -0.25) is 4.90 Å². The molecule has 4 rings (SSSR count). The Hall–Kier alpha value is -1.69. The van der Waals surface area contributed by atoms with Crippen LogP contribution >= 0.6 is 11.3 Å². The van der Waals surface area contributed by atoms with E-state index in [4.69, 9.17) is 4.74 Å². The molecule has 2 aromatic rings. The maximum absolute atomic E-state index is 11.5. The second-order valence-electron chi connectivity index (χ2n) is 6.66. The molecule has 2 aliphatic rings. The van der Waals surface area contributed by atoms with Gasteiger partial charge in [0.15, 0.2) is 6.10 Å². The van der Waals surface area contributed by atoms with Crippen LogP contribution in [0.5, 0.6) is 0 Å². The lowest BCUT2D eigenvalue weighted by atomic mass is 9.81. The van der Waals surface area contributed by atoms with Crippen molar-refractivity contribution >= 4 is 17.3 Å². The third kappa shape index (κ3) is 2.88. The van der Waals surface area contributed by atoms with E-state index in [1.165, 1.54) is 16.0 Å². The first-order valence-corrected chi connectivity index (χ1v) is 9.28. The summed E-state index contributed by atoms with van der Waals surface area (Å²) in [5.41, 5.74) is 2.13. The van der Waals surface area contributed by atoms with Crippen LogP contribution in [-0.4, -0.2) is 35.2 Å². The van der Waals surface area contributed by atoms with Gasteiger partial charge in [0.2, 0.25) is 0 Å². The molecule has 0 aliphatic carbocycles. The minimum Gasteiger partial charge on any atom is -0.479 e. The molecular weight excluding hydrogens is 322 g/mol. The zero-order valence-corrected chi connectivity index (χ0v) is 14.3. The van der Waals surface area contributed by atoms with E-state index in [2.05, 4.69) is 40.6 Å². The van der Waals surface area contributed by atoms with E-state index in [1.807, 2.05) is 6.07 Å². The molecule has 1 aromatic carbocycles. The lowest BCUT2D eigenvalue weighted by Crippen LogP contribution is -2.49. The highest BCUT2D eigenvalue weighted by molar-refractivity contribution is 7.10. The summed E-state index contributed by atoms with van der Waals surface area (Å²) in [5.74, 6) is -0.847. The molecule has 1 saturated heterocycles. The molecule has 4 nitrogen and oxygen atoms in total. The van der Waals surface area contributed by atoms with Crippen molar-refractivity contribution in [2.45, 2.75) is 37.5 Å². The summed E-state index contributed by atoms with van der Waals surface area (Å²) in [6, 6.07) is 12.6. The first kappa shape index (κ1) is 15.8. The summed E-state index contributed by atoms with van der Waals surface area (Å²) in [6.45, 7) is 2.79. The Kier molecular flexibility index (Phi) is 4.16. The van der Waals surface area contributed by atoms with Gasteiger partial charge in [-0.05, 0) is 35.4 Å². The fourth-order valence-electron chi connectivity index (χ4n) is 3.89. The minimum atomic E-state index is -0.847. The van der Waals surface area contributed by atoms with Crippen LogP contribution < -0.4 is 0 Å². The highest BCUT2D eigenvalue weighted by atomic mass is 32.1. The highest BCUT2D eigenvalue weighted by Gasteiger charge is 2.46. The van der Waals surface area contributed by atoms with E-state index in [-0.39, 0.29) is 0 Å². The third-order valence-electron chi connectivity index (χ3n) is 5.16. The summed E-state index contributed by atoms with van der Waals surface area (Å²) in [6.07, 6.45) is 1.50. The SMILES string of the molecule is O=C(O)C1Cc2sccc2C2(CCN(Cc3ccccc3)CC2)O1. The van der Waals surface area contributed by atoms with Gasteiger partial charge in [0.05, 0.1) is 5.60 Å². The number of rotatable bonds is 3. The lowest BCUT2D eigenvalue weighted by Gasteiger charge is -2.45. The number of carboxylic acid groups (broad SMARTS) is 1. The average molecular weight is 343 g/mol. The van der Waals surface area contributed by atoms with Crippen LogP contribution in [-0.2, 0) is 28.1 Å². The Morgan fingerprint density at radius 1 is 1.25 bits per heavy atom. The lowest BCUT2D eigenvalue weighted by molar-refractivity contribution is -0.177. The van der Waals surface area contributed by atoms with Gasteiger partial charge in [-0.1, -0.05) is 30.3 Å². The Balaban J connectivity index is 1.50. The Morgan fingerprint density at radius 3 is 2.71 bits per heavy atom. The molecule has 0 saturated carbocycles. The van der Waals surface area contributed by atoms with Crippen LogP contribution in [0.2, 0.25) is 0 Å². The van der Waals surface area contributed by atoms with Crippen LogP contribution in [0.15, 0.2) is 41.8 Å². The molecule has 1 unspecified atom stereocenters. The predicted molar refractivity (Wildman–Crippen MR) is 93.2 cm³/mol. The van der Waals surface area contributed by atoms with Gasteiger partial charge in [-0.15, -0.1) is 11.3 Å². The van der Waals surface area contributed by atoms with Gasteiger partial charge in [-0.25, -0.2) is 4.79 Å². The molecule has 2 aliphatic heterocycles. The summed E-state index contributed by atoms with van der Waals surface area (Å²) in [5, 5.41) is 11.5. The van der Waals surface area contributed by atoms with E-state index in [0.29, 0.717) is 6.42 Å². The van der Waals surface area contributed by atoms with Gasteiger partial charge in [0.1, 0.15) is 0 Å². The van der Waals surface area contributed by atoms with Gasteiger partial charge in [-0.2, -0.15) is 0 Å². The fourth-order valence-corrected chi connectivity index (χ4v) is 4.89. The number of benzene rings is 1. The monoisotopic (exact) mass is 343 g/mol. The van der Waals surface area contributed by atoms with E-state index < -0.39 is 17.7 Å². The normalized spacial score (nSPS) is 23.1. The fraction of sp³-hybridized carbons (Fsp3) is 0.421. The number of aliphatic carboxylic acids is 1. The molecule has 0 amide bonds. The van der Waals surface area contributed by atoms with Gasteiger partial charge in [0.25, 0.3) is 0 Å². The van der Waals surface area contributed by atoms with Crippen molar-refractivity contribution in [2.24, 2.45) is 0 Å². The van der Waals surface area contributed by atoms with Crippen molar-refractivity contribution in [3.05, 3.63) is 57.8 Å². The average Bonchev–Trinajstić information content (AvgIpc) is 3.07. The highest BCUT2D eigenvalue weighted by Crippen LogP contribution is 2.45. The summed E-state index contributed by atoms with van der Waals surface area (Å²) >= 11 is 1.66. The van der Waals surface area contributed by atoms with Gasteiger partial charge < -0.3 is 9.84 Å². The number of ether oxygens (including phenoxy) is 1. The molecule has 1 aromatic heterocycles. The minimum absolute atomic E-state index is 0.413. The number of fused-ring (bicyclic) bond motifs is 2. The number of carboxylic acids is 1. The maximum Gasteiger partial charge on any atom is 0.333 e. The number of hydrogen-bond donors (Lipinski definition) is 1. The van der Waals surface area contributed by atoms with Crippen LogP contribution in [0.25, 0.3) is 0 Å². The summed E-state index contributed by atoms with van der Waals surface area (Å²) in [7, 11) is 0. The zero-order chi connectivity index (χ0) is 16.6. The zero-order valence-electron chi connectivity index (χ0n) is 13.5. The number of thiophene rings is 1. The largest absolute Gasteiger partial charge is 0.479 e. The van der Waals surface area contributed by atoms with Crippen molar-refractivity contribution in [1.29, 1.82) is 0 Å². The molecule has 1 spiro atoms. The predicted octanol–water partition coefficient (Wildman–Crippen LogP) is 3.27. The molecule has 1 atom stereocenters. The van der Waals surface area contributed by atoms with Gasteiger partial charge >= 0.3 is 5.97 Å². The van der Waals surface area contributed by atoms with Crippen LogP contribution in [0.4, 0.5) is 0 Å². The Labute approximate surface area is 145 Å². The molecule has 1 N–H and O–H groups in total. The summed E-state index contributed by atoms with van der Waals surface area (Å²) < 4.78 is 6.14. The molecule has 3 heterocycles. The topological polar surface area (TPSA) is 49.8 Å². The smallest absolute Gasteiger partial charge is 0.333 e. The van der Waals surface area contributed by atoms with Crippen LogP contribution in [0.1, 0.15) is 28.8 Å². The standard InChI is InChI=1S/C19H21NO3S/c21-18(22)16-12-17-15(6-11-24-17)19(23-16)7-9-20(10-8-19)13-14-4-2-1-3-5-14/h1-6,11,16H,7-10,12-13H2,(H,21,22). The van der Waals surface area contributed by atoms with E-state index >= 15 is 0 Å².